The van der Waals surface area contributed by atoms with E-state index >= 15 is 0 Å². The van der Waals surface area contributed by atoms with Crippen molar-refractivity contribution in [2.75, 3.05) is 6.54 Å². The molecular weight excluding hydrogens is 385 g/mol. The summed E-state index contributed by atoms with van der Waals surface area (Å²) in [6, 6.07) is 15.4. The van der Waals surface area contributed by atoms with Crippen LogP contribution in [-0.2, 0) is 6.54 Å². The molecule has 2 aromatic rings. The lowest BCUT2D eigenvalue weighted by Crippen LogP contribution is -2.30. The highest BCUT2D eigenvalue weighted by Crippen LogP contribution is 2.21. The molecule has 0 fully saturated rings. The summed E-state index contributed by atoms with van der Waals surface area (Å²) < 4.78 is 0.951. The third-order valence-corrected chi connectivity index (χ3v) is 4.62. The standard InChI is InChI=1S/C16H15ClINO/c1-2-19(11-12-6-4-3-5-7-12)16(20)13-8-9-15(18)14(17)10-13/h3-10H,2,11H2,1H3. The third-order valence-electron chi connectivity index (χ3n) is 3.05. The van der Waals surface area contributed by atoms with Gasteiger partial charge in [0.15, 0.2) is 0 Å². The van der Waals surface area contributed by atoms with Crippen molar-refractivity contribution in [3.05, 3.63) is 68.3 Å². The van der Waals surface area contributed by atoms with Crippen LogP contribution in [0.5, 0.6) is 0 Å². The Morgan fingerprint density at radius 3 is 2.50 bits per heavy atom. The van der Waals surface area contributed by atoms with E-state index in [0.29, 0.717) is 23.7 Å². The number of hydrogen-bond acceptors (Lipinski definition) is 1. The summed E-state index contributed by atoms with van der Waals surface area (Å²) in [5, 5.41) is 0.618. The molecular formula is C16H15ClINO. The minimum atomic E-state index is 0.00894. The molecule has 0 radical (unpaired) electrons. The van der Waals surface area contributed by atoms with Gasteiger partial charge in [-0.1, -0.05) is 41.9 Å². The molecule has 1 amide bonds. The van der Waals surface area contributed by atoms with Crippen LogP contribution in [0, 0.1) is 3.57 Å². The summed E-state index contributed by atoms with van der Waals surface area (Å²) in [5.41, 5.74) is 1.76. The molecule has 2 nitrogen and oxygen atoms in total. The molecule has 0 saturated carbocycles. The van der Waals surface area contributed by atoms with Crippen LogP contribution in [-0.4, -0.2) is 17.4 Å². The Bertz CT molecular complexity index is 601. The second kappa shape index (κ2) is 7.09. The van der Waals surface area contributed by atoms with Gasteiger partial charge in [0.25, 0.3) is 5.91 Å². The highest BCUT2D eigenvalue weighted by molar-refractivity contribution is 14.1. The molecule has 0 spiro atoms. The Labute approximate surface area is 137 Å². The third kappa shape index (κ3) is 3.73. The van der Waals surface area contributed by atoms with Gasteiger partial charge in [-0.2, -0.15) is 0 Å². The van der Waals surface area contributed by atoms with E-state index in [-0.39, 0.29) is 5.91 Å². The summed E-state index contributed by atoms with van der Waals surface area (Å²) in [7, 11) is 0. The van der Waals surface area contributed by atoms with Crippen LogP contribution in [0.3, 0.4) is 0 Å². The summed E-state index contributed by atoms with van der Waals surface area (Å²) in [5.74, 6) is 0.00894. The Morgan fingerprint density at radius 1 is 1.20 bits per heavy atom. The van der Waals surface area contributed by atoms with Gasteiger partial charge < -0.3 is 4.90 Å². The first-order valence-electron chi connectivity index (χ1n) is 6.40. The Kier molecular flexibility index (Phi) is 5.43. The Balaban J connectivity index is 2.18. The average Bonchev–Trinajstić information content (AvgIpc) is 2.48. The van der Waals surface area contributed by atoms with Gasteiger partial charge in [0.2, 0.25) is 0 Å². The van der Waals surface area contributed by atoms with E-state index in [1.165, 1.54) is 0 Å². The maximum atomic E-state index is 12.5. The largest absolute Gasteiger partial charge is 0.335 e. The molecule has 4 heteroatoms. The van der Waals surface area contributed by atoms with Gasteiger partial charge in [0.1, 0.15) is 0 Å². The maximum Gasteiger partial charge on any atom is 0.254 e. The first-order valence-corrected chi connectivity index (χ1v) is 7.85. The molecule has 20 heavy (non-hydrogen) atoms. The molecule has 0 bridgehead atoms. The fourth-order valence-corrected chi connectivity index (χ4v) is 2.46. The lowest BCUT2D eigenvalue weighted by atomic mass is 10.1. The Hall–Kier alpha value is -1.07. The topological polar surface area (TPSA) is 20.3 Å². The Morgan fingerprint density at radius 2 is 1.90 bits per heavy atom. The minimum Gasteiger partial charge on any atom is -0.335 e. The zero-order valence-electron chi connectivity index (χ0n) is 11.1. The molecule has 2 rings (SSSR count). The first-order chi connectivity index (χ1) is 9.61. The van der Waals surface area contributed by atoms with Gasteiger partial charge in [-0.3, -0.25) is 4.79 Å². The zero-order chi connectivity index (χ0) is 14.5. The van der Waals surface area contributed by atoms with Gasteiger partial charge in [0.05, 0.1) is 5.02 Å². The molecule has 0 heterocycles. The van der Waals surface area contributed by atoms with E-state index in [4.69, 9.17) is 11.6 Å². The van der Waals surface area contributed by atoms with E-state index in [2.05, 4.69) is 22.6 Å². The minimum absolute atomic E-state index is 0.00894. The number of carbonyl (C=O) groups excluding carboxylic acids is 1. The van der Waals surface area contributed by atoms with Gasteiger partial charge in [-0.15, -0.1) is 0 Å². The quantitative estimate of drug-likeness (QED) is 0.688. The molecule has 0 aliphatic carbocycles. The van der Waals surface area contributed by atoms with Crippen molar-refractivity contribution >= 4 is 40.1 Å². The molecule has 0 aliphatic heterocycles. The van der Waals surface area contributed by atoms with Crippen LogP contribution in [0.15, 0.2) is 48.5 Å². The normalized spacial score (nSPS) is 10.3. The number of hydrogen-bond donors (Lipinski definition) is 0. The lowest BCUT2D eigenvalue weighted by Gasteiger charge is -2.21. The first kappa shape index (κ1) is 15.3. The van der Waals surface area contributed by atoms with Crippen molar-refractivity contribution in [3.63, 3.8) is 0 Å². The number of rotatable bonds is 4. The maximum absolute atomic E-state index is 12.5. The highest BCUT2D eigenvalue weighted by Gasteiger charge is 2.15. The van der Waals surface area contributed by atoms with Crippen molar-refractivity contribution in [3.8, 4) is 0 Å². The summed E-state index contributed by atoms with van der Waals surface area (Å²) in [6.45, 7) is 3.26. The van der Waals surface area contributed by atoms with Gasteiger partial charge in [-0.25, -0.2) is 0 Å². The highest BCUT2D eigenvalue weighted by atomic mass is 127. The van der Waals surface area contributed by atoms with Gasteiger partial charge in [0, 0.05) is 22.2 Å². The van der Waals surface area contributed by atoms with E-state index in [9.17, 15) is 4.79 Å². The SMILES string of the molecule is CCN(Cc1ccccc1)C(=O)c1ccc(I)c(Cl)c1. The summed E-state index contributed by atoms with van der Waals surface area (Å²) in [4.78, 5) is 14.3. The van der Waals surface area contributed by atoms with Crippen LogP contribution in [0.1, 0.15) is 22.8 Å². The molecule has 2 aromatic carbocycles. The summed E-state index contributed by atoms with van der Waals surface area (Å²) in [6.07, 6.45) is 0. The number of halogens is 2. The molecule has 0 atom stereocenters. The van der Waals surface area contributed by atoms with Gasteiger partial charge >= 0.3 is 0 Å². The molecule has 0 unspecified atom stereocenters. The molecule has 0 aromatic heterocycles. The van der Waals surface area contributed by atoms with E-state index < -0.39 is 0 Å². The molecule has 0 saturated heterocycles. The van der Waals surface area contributed by atoms with Crippen LogP contribution in [0.4, 0.5) is 0 Å². The van der Waals surface area contributed by atoms with Crippen molar-refractivity contribution in [2.45, 2.75) is 13.5 Å². The number of amides is 1. The predicted molar refractivity (Wildman–Crippen MR) is 91.0 cm³/mol. The van der Waals surface area contributed by atoms with Crippen LogP contribution in [0.2, 0.25) is 5.02 Å². The van der Waals surface area contributed by atoms with Crippen LogP contribution in [0.25, 0.3) is 0 Å². The number of nitrogens with zero attached hydrogens (tertiary/aromatic N) is 1. The fourth-order valence-electron chi connectivity index (χ4n) is 1.94. The van der Waals surface area contributed by atoms with Crippen molar-refractivity contribution in [1.29, 1.82) is 0 Å². The lowest BCUT2D eigenvalue weighted by molar-refractivity contribution is 0.0752. The van der Waals surface area contributed by atoms with Gasteiger partial charge in [-0.05, 0) is 53.3 Å². The molecule has 104 valence electrons. The smallest absolute Gasteiger partial charge is 0.254 e. The van der Waals surface area contributed by atoms with E-state index in [1.54, 1.807) is 6.07 Å². The predicted octanol–water partition coefficient (Wildman–Crippen LogP) is 4.61. The van der Waals surface area contributed by atoms with Crippen LogP contribution >= 0.6 is 34.2 Å². The van der Waals surface area contributed by atoms with Crippen molar-refractivity contribution in [2.24, 2.45) is 0 Å². The van der Waals surface area contributed by atoms with Crippen molar-refractivity contribution < 1.29 is 4.79 Å². The number of benzene rings is 2. The summed E-state index contributed by atoms with van der Waals surface area (Å²) >= 11 is 8.24. The van der Waals surface area contributed by atoms with E-state index in [0.717, 1.165) is 9.13 Å². The average molecular weight is 400 g/mol. The second-order valence-corrected chi connectivity index (χ2v) is 6.00. The molecule has 0 N–H and O–H groups in total. The second-order valence-electron chi connectivity index (χ2n) is 4.43. The molecule has 0 aliphatic rings. The fraction of sp³-hybridized carbons (Fsp3) is 0.188. The zero-order valence-corrected chi connectivity index (χ0v) is 14.1. The van der Waals surface area contributed by atoms with Crippen molar-refractivity contribution in [1.82, 2.24) is 4.90 Å². The van der Waals surface area contributed by atoms with E-state index in [1.807, 2.05) is 54.3 Å². The monoisotopic (exact) mass is 399 g/mol. The van der Waals surface area contributed by atoms with Crippen LogP contribution < -0.4 is 0 Å². The number of carbonyl (C=O) groups is 1.